The summed E-state index contributed by atoms with van der Waals surface area (Å²) in [6, 6.07) is 14.3. The summed E-state index contributed by atoms with van der Waals surface area (Å²) in [5, 5.41) is 14.0. The van der Waals surface area contributed by atoms with Crippen LogP contribution in [0.4, 0.5) is 11.5 Å². The van der Waals surface area contributed by atoms with E-state index in [1.165, 1.54) is 0 Å². The van der Waals surface area contributed by atoms with Gasteiger partial charge in [0.05, 0.1) is 12.7 Å². The van der Waals surface area contributed by atoms with Crippen LogP contribution < -0.4 is 10.1 Å². The van der Waals surface area contributed by atoms with E-state index in [1.54, 1.807) is 37.6 Å². The molecule has 0 amide bonds. The summed E-state index contributed by atoms with van der Waals surface area (Å²) in [6.45, 7) is 0. The minimum Gasteiger partial charge on any atom is -0.497 e. The fourth-order valence-corrected chi connectivity index (χ4v) is 2.25. The molecule has 0 saturated carbocycles. The van der Waals surface area contributed by atoms with Crippen molar-refractivity contribution in [1.29, 1.82) is 0 Å². The molecule has 2 aromatic carbocycles. The summed E-state index contributed by atoms with van der Waals surface area (Å²) in [6.07, 6.45) is 1.65. The van der Waals surface area contributed by atoms with E-state index in [-0.39, 0.29) is 5.56 Å². The molecule has 5 nitrogen and oxygen atoms in total. The van der Waals surface area contributed by atoms with Crippen LogP contribution in [0.3, 0.4) is 0 Å². The number of hydrogen-bond donors (Lipinski definition) is 2. The number of carboxylic acids is 1. The van der Waals surface area contributed by atoms with Crippen molar-refractivity contribution in [3.63, 3.8) is 0 Å². The SMILES string of the molecule is COc1cccc(Nc2nccc3cc(C(=O)O)ccc23)c1. The maximum absolute atomic E-state index is 11.0. The average Bonchev–Trinajstić information content (AvgIpc) is 2.55. The molecule has 0 spiro atoms. The monoisotopic (exact) mass is 294 g/mol. The third-order valence-corrected chi connectivity index (χ3v) is 3.34. The number of aromatic carboxylic acids is 1. The van der Waals surface area contributed by atoms with Crippen molar-refractivity contribution >= 4 is 28.2 Å². The molecule has 110 valence electrons. The van der Waals surface area contributed by atoms with Crippen molar-refractivity contribution in [3.05, 3.63) is 60.3 Å². The standard InChI is InChI=1S/C17H14N2O3/c1-22-14-4-2-3-13(10-14)19-16-15-6-5-12(17(20)21)9-11(15)7-8-18-16/h2-10H,1H3,(H,18,19)(H,20,21). The lowest BCUT2D eigenvalue weighted by molar-refractivity contribution is 0.0697. The number of benzene rings is 2. The fourth-order valence-electron chi connectivity index (χ4n) is 2.25. The number of methoxy groups -OCH3 is 1. The normalized spacial score (nSPS) is 10.4. The fraction of sp³-hybridized carbons (Fsp3) is 0.0588. The van der Waals surface area contributed by atoms with Gasteiger partial charge in [-0.25, -0.2) is 9.78 Å². The maximum Gasteiger partial charge on any atom is 0.335 e. The summed E-state index contributed by atoms with van der Waals surface area (Å²) < 4.78 is 5.20. The molecule has 0 aliphatic carbocycles. The van der Waals surface area contributed by atoms with E-state index in [0.29, 0.717) is 5.82 Å². The Morgan fingerprint density at radius 1 is 1.18 bits per heavy atom. The lowest BCUT2D eigenvalue weighted by Crippen LogP contribution is -1.98. The zero-order valence-electron chi connectivity index (χ0n) is 11.9. The smallest absolute Gasteiger partial charge is 0.335 e. The lowest BCUT2D eigenvalue weighted by Gasteiger charge is -2.10. The lowest BCUT2D eigenvalue weighted by atomic mass is 10.1. The highest BCUT2D eigenvalue weighted by molar-refractivity contribution is 5.98. The maximum atomic E-state index is 11.0. The highest BCUT2D eigenvalue weighted by Crippen LogP contribution is 2.26. The van der Waals surface area contributed by atoms with Crippen LogP contribution in [0.5, 0.6) is 5.75 Å². The number of rotatable bonds is 4. The number of fused-ring (bicyclic) bond motifs is 1. The van der Waals surface area contributed by atoms with Gasteiger partial charge in [0.15, 0.2) is 0 Å². The molecule has 0 unspecified atom stereocenters. The molecule has 0 fully saturated rings. The van der Waals surface area contributed by atoms with Gasteiger partial charge in [-0.3, -0.25) is 0 Å². The van der Waals surface area contributed by atoms with Crippen molar-refractivity contribution in [2.75, 3.05) is 12.4 Å². The topological polar surface area (TPSA) is 71.5 Å². The molecule has 3 aromatic rings. The number of pyridine rings is 1. The Bertz CT molecular complexity index is 846. The first-order chi connectivity index (χ1) is 10.7. The second kappa shape index (κ2) is 5.73. The van der Waals surface area contributed by atoms with Gasteiger partial charge in [0, 0.05) is 23.3 Å². The zero-order chi connectivity index (χ0) is 15.5. The molecule has 22 heavy (non-hydrogen) atoms. The molecule has 3 rings (SSSR count). The van der Waals surface area contributed by atoms with Crippen LogP contribution in [-0.4, -0.2) is 23.2 Å². The summed E-state index contributed by atoms with van der Waals surface area (Å²) in [7, 11) is 1.61. The van der Waals surface area contributed by atoms with Gasteiger partial charge in [0.2, 0.25) is 0 Å². The van der Waals surface area contributed by atoms with Crippen LogP contribution in [0.2, 0.25) is 0 Å². The number of nitrogens with zero attached hydrogens (tertiary/aromatic N) is 1. The Kier molecular flexibility index (Phi) is 3.62. The third kappa shape index (κ3) is 2.69. The molecule has 0 radical (unpaired) electrons. The molecular formula is C17H14N2O3. The average molecular weight is 294 g/mol. The van der Waals surface area contributed by atoms with Gasteiger partial charge in [-0.15, -0.1) is 0 Å². The summed E-state index contributed by atoms with van der Waals surface area (Å²) in [5.74, 6) is 0.474. The molecule has 1 heterocycles. The minimum absolute atomic E-state index is 0.256. The zero-order valence-corrected chi connectivity index (χ0v) is 11.9. The van der Waals surface area contributed by atoms with Gasteiger partial charge in [-0.1, -0.05) is 6.07 Å². The van der Waals surface area contributed by atoms with Gasteiger partial charge in [0.1, 0.15) is 11.6 Å². The predicted molar refractivity (Wildman–Crippen MR) is 85.0 cm³/mol. The van der Waals surface area contributed by atoms with Crippen molar-refractivity contribution in [2.24, 2.45) is 0 Å². The first-order valence-corrected chi connectivity index (χ1v) is 6.70. The Morgan fingerprint density at radius 2 is 2.05 bits per heavy atom. The van der Waals surface area contributed by atoms with Crippen LogP contribution in [0.25, 0.3) is 10.8 Å². The number of nitrogens with one attached hydrogen (secondary N) is 1. The van der Waals surface area contributed by atoms with Crippen LogP contribution in [0, 0.1) is 0 Å². The number of aromatic nitrogens is 1. The second-order valence-corrected chi connectivity index (χ2v) is 4.76. The van der Waals surface area contributed by atoms with E-state index < -0.39 is 5.97 Å². The van der Waals surface area contributed by atoms with Crippen molar-refractivity contribution in [1.82, 2.24) is 4.98 Å². The highest BCUT2D eigenvalue weighted by atomic mass is 16.5. The highest BCUT2D eigenvalue weighted by Gasteiger charge is 2.07. The van der Waals surface area contributed by atoms with Gasteiger partial charge in [0.25, 0.3) is 0 Å². The molecule has 0 aliphatic rings. The van der Waals surface area contributed by atoms with Crippen LogP contribution in [0.15, 0.2) is 54.7 Å². The summed E-state index contributed by atoms with van der Waals surface area (Å²) in [4.78, 5) is 15.4. The summed E-state index contributed by atoms with van der Waals surface area (Å²) >= 11 is 0. The van der Waals surface area contributed by atoms with E-state index in [2.05, 4.69) is 10.3 Å². The van der Waals surface area contributed by atoms with Gasteiger partial charge in [-0.2, -0.15) is 0 Å². The first kappa shape index (κ1) is 13.9. The van der Waals surface area contributed by atoms with E-state index >= 15 is 0 Å². The molecule has 0 bridgehead atoms. The van der Waals surface area contributed by atoms with Crippen molar-refractivity contribution in [3.8, 4) is 5.75 Å². The third-order valence-electron chi connectivity index (χ3n) is 3.34. The molecule has 1 aromatic heterocycles. The van der Waals surface area contributed by atoms with Crippen LogP contribution in [0.1, 0.15) is 10.4 Å². The van der Waals surface area contributed by atoms with Crippen LogP contribution >= 0.6 is 0 Å². The number of hydrogen-bond acceptors (Lipinski definition) is 4. The van der Waals surface area contributed by atoms with Crippen molar-refractivity contribution < 1.29 is 14.6 Å². The van der Waals surface area contributed by atoms with E-state index in [4.69, 9.17) is 9.84 Å². The number of anilines is 2. The van der Waals surface area contributed by atoms with Gasteiger partial charge in [-0.05, 0) is 41.8 Å². The van der Waals surface area contributed by atoms with E-state index in [9.17, 15) is 4.79 Å². The summed E-state index contributed by atoms with van der Waals surface area (Å²) in [5.41, 5.74) is 1.10. The Labute approximate surface area is 127 Å². The molecule has 2 N–H and O–H groups in total. The van der Waals surface area contributed by atoms with E-state index in [0.717, 1.165) is 22.2 Å². The molecular weight excluding hydrogens is 280 g/mol. The Balaban J connectivity index is 2.01. The molecule has 0 saturated heterocycles. The number of carboxylic acid groups (broad SMARTS) is 1. The largest absolute Gasteiger partial charge is 0.497 e. The van der Waals surface area contributed by atoms with Crippen LogP contribution in [-0.2, 0) is 0 Å². The van der Waals surface area contributed by atoms with Gasteiger partial charge >= 0.3 is 5.97 Å². The molecule has 5 heteroatoms. The quantitative estimate of drug-likeness (QED) is 0.768. The number of ether oxygens (including phenoxy) is 1. The second-order valence-electron chi connectivity index (χ2n) is 4.76. The van der Waals surface area contributed by atoms with Crippen molar-refractivity contribution in [2.45, 2.75) is 0 Å². The predicted octanol–water partition coefficient (Wildman–Crippen LogP) is 3.69. The minimum atomic E-state index is -0.944. The molecule has 0 aliphatic heterocycles. The Morgan fingerprint density at radius 3 is 2.82 bits per heavy atom. The number of carbonyl (C=O) groups is 1. The van der Waals surface area contributed by atoms with E-state index in [1.807, 2.05) is 24.3 Å². The van der Waals surface area contributed by atoms with Gasteiger partial charge < -0.3 is 15.2 Å². The first-order valence-electron chi connectivity index (χ1n) is 6.70. The molecule has 0 atom stereocenters. The Hall–Kier alpha value is -3.08.